The van der Waals surface area contributed by atoms with E-state index in [1.54, 1.807) is 6.92 Å². The molecule has 6 heteroatoms. The second-order valence-electron chi connectivity index (χ2n) is 7.00. The largest absolute Gasteiger partial charge is 0.462 e. The van der Waals surface area contributed by atoms with Crippen molar-refractivity contribution in [1.29, 1.82) is 0 Å². The maximum Gasteiger partial charge on any atom is 0.341 e. The molecule has 3 rings (SSSR count). The number of thiophene rings is 1. The summed E-state index contributed by atoms with van der Waals surface area (Å²) in [5, 5.41) is 5.32. The number of hydrogen-bond acceptors (Lipinski definition) is 5. The summed E-state index contributed by atoms with van der Waals surface area (Å²) >= 11 is 2.80. The smallest absolute Gasteiger partial charge is 0.341 e. The lowest BCUT2D eigenvalue weighted by Gasteiger charge is -2.10. The number of hydrogen-bond donors (Lipinski definition) is 1. The van der Waals surface area contributed by atoms with E-state index >= 15 is 0 Å². The molecule has 0 saturated heterocycles. The minimum atomic E-state index is -0.423. The predicted molar refractivity (Wildman–Crippen MR) is 126 cm³/mol. The first kappa shape index (κ1) is 22.1. The van der Waals surface area contributed by atoms with Crippen LogP contribution in [0.2, 0.25) is 0 Å². The van der Waals surface area contributed by atoms with Gasteiger partial charge in [0.05, 0.1) is 12.4 Å². The summed E-state index contributed by atoms with van der Waals surface area (Å²) in [6.45, 7) is 6.34. The number of rotatable bonds is 8. The molecule has 0 saturated carbocycles. The lowest BCUT2D eigenvalue weighted by molar-refractivity contribution is -0.113. The Morgan fingerprint density at radius 2 is 1.77 bits per heavy atom. The zero-order chi connectivity index (χ0) is 21.5. The van der Waals surface area contributed by atoms with Crippen molar-refractivity contribution in [3.63, 3.8) is 0 Å². The van der Waals surface area contributed by atoms with E-state index in [4.69, 9.17) is 4.74 Å². The molecule has 0 fully saturated rings. The van der Waals surface area contributed by atoms with Gasteiger partial charge in [-0.3, -0.25) is 4.79 Å². The van der Waals surface area contributed by atoms with Gasteiger partial charge < -0.3 is 10.1 Å². The van der Waals surface area contributed by atoms with Crippen molar-refractivity contribution in [2.75, 3.05) is 17.7 Å². The molecule has 0 unspecified atom stereocenters. The summed E-state index contributed by atoms with van der Waals surface area (Å²) in [4.78, 5) is 26.2. The summed E-state index contributed by atoms with van der Waals surface area (Å²) in [6, 6.07) is 17.9. The topological polar surface area (TPSA) is 55.4 Å². The van der Waals surface area contributed by atoms with Crippen LogP contribution in [0.4, 0.5) is 5.00 Å². The number of esters is 1. The first-order valence-corrected chi connectivity index (χ1v) is 11.7. The van der Waals surface area contributed by atoms with Crippen molar-refractivity contribution in [3.8, 4) is 11.1 Å². The van der Waals surface area contributed by atoms with E-state index in [2.05, 4.69) is 31.3 Å². The molecule has 1 aromatic heterocycles. The summed E-state index contributed by atoms with van der Waals surface area (Å²) in [7, 11) is 0. The van der Waals surface area contributed by atoms with Crippen LogP contribution in [0, 0.1) is 0 Å². The Kier molecular flexibility index (Phi) is 7.71. The minimum Gasteiger partial charge on any atom is -0.462 e. The van der Waals surface area contributed by atoms with Crippen LogP contribution in [0.15, 0.2) is 64.9 Å². The summed E-state index contributed by atoms with van der Waals surface area (Å²) in [6.07, 6.45) is 0. The van der Waals surface area contributed by atoms with Crippen molar-refractivity contribution in [3.05, 3.63) is 71.1 Å². The van der Waals surface area contributed by atoms with Gasteiger partial charge >= 0.3 is 5.97 Å². The van der Waals surface area contributed by atoms with Crippen LogP contribution >= 0.6 is 23.1 Å². The van der Waals surface area contributed by atoms with E-state index in [1.165, 1.54) is 28.7 Å². The average Bonchev–Trinajstić information content (AvgIpc) is 3.16. The summed E-state index contributed by atoms with van der Waals surface area (Å²) in [5.74, 6) is 0.122. The van der Waals surface area contributed by atoms with Gasteiger partial charge in [-0.25, -0.2) is 4.79 Å². The molecular weight excluding hydrogens is 414 g/mol. The second kappa shape index (κ2) is 10.5. The van der Waals surface area contributed by atoms with Gasteiger partial charge in [0.15, 0.2) is 0 Å². The normalized spacial score (nSPS) is 10.8. The predicted octanol–water partition coefficient (Wildman–Crippen LogP) is 6.45. The summed E-state index contributed by atoms with van der Waals surface area (Å²) in [5.41, 5.74) is 3.35. The standard InChI is InChI=1S/C24H25NO3S2/c1-4-28-24(27)22-20(18-12-10-17(11-13-18)16(2)3)14-30-23(22)25-21(26)15-29-19-8-6-5-7-9-19/h5-14,16H,4,15H2,1-3H3,(H,25,26). The number of amides is 1. The third kappa shape index (κ3) is 5.52. The fourth-order valence-corrected chi connectivity index (χ4v) is 4.64. The maximum atomic E-state index is 12.7. The molecule has 156 valence electrons. The Morgan fingerprint density at radius 1 is 1.07 bits per heavy atom. The minimum absolute atomic E-state index is 0.155. The van der Waals surface area contributed by atoms with Crippen LogP contribution in [0.3, 0.4) is 0 Å². The van der Waals surface area contributed by atoms with E-state index in [-0.39, 0.29) is 18.3 Å². The number of benzene rings is 2. The Balaban J connectivity index is 1.81. The van der Waals surface area contributed by atoms with Crippen molar-refractivity contribution in [2.24, 2.45) is 0 Å². The molecule has 0 aliphatic rings. The molecule has 0 atom stereocenters. The highest BCUT2D eigenvalue weighted by Crippen LogP contribution is 2.37. The number of ether oxygens (including phenoxy) is 1. The van der Waals surface area contributed by atoms with Crippen LogP contribution in [0.5, 0.6) is 0 Å². The number of carbonyl (C=O) groups excluding carboxylic acids is 2. The molecule has 0 radical (unpaired) electrons. The molecule has 0 bridgehead atoms. The zero-order valence-corrected chi connectivity index (χ0v) is 18.9. The average molecular weight is 440 g/mol. The SMILES string of the molecule is CCOC(=O)c1c(-c2ccc(C(C)C)cc2)csc1NC(=O)CSc1ccccc1. The van der Waals surface area contributed by atoms with Crippen molar-refractivity contribution in [2.45, 2.75) is 31.6 Å². The fraction of sp³-hybridized carbons (Fsp3) is 0.250. The van der Waals surface area contributed by atoms with Crippen LogP contribution in [0.1, 0.15) is 42.6 Å². The molecule has 2 aromatic carbocycles. The molecular formula is C24H25NO3S2. The quantitative estimate of drug-likeness (QED) is 0.324. The summed E-state index contributed by atoms with van der Waals surface area (Å²) < 4.78 is 5.27. The van der Waals surface area contributed by atoms with E-state index in [0.29, 0.717) is 16.5 Å². The highest BCUT2D eigenvalue weighted by atomic mass is 32.2. The number of nitrogens with one attached hydrogen (secondary N) is 1. The Labute approximate surface area is 185 Å². The van der Waals surface area contributed by atoms with Gasteiger partial charge in [0.2, 0.25) is 5.91 Å². The second-order valence-corrected chi connectivity index (χ2v) is 8.93. The van der Waals surface area contributed by atoms with E-state index in [0.717, 1.165) is 16.0 Å². The highest BCUT2D eigenvalue weighted by molar-refractivity contribution is 8.00. The molecule has 0 aliphatic heterocycles. The van der Waals surface area contributed by atoms with Gasteiger partial charge in [-0.2, -0.15) is 0 Å². The first-order chi connectivity index (χ1) is 14.5. The monoisotopic (exact) mass is 439 g/mol. The van der Waals surface area contributed by atoms with E-state index < -0.39 is 5.97 Å². The molecule has 3 aromatic rings. The number of carbonyl (C=O) groups is 2. The maximum absolute atomic E-state index is 12.7. The molecule has 1 heterocycles. The van der Waals surface area contributed by atoms with Gasteiger partial charge in [0, 0.05) is 15.8 Å². The van der Waals surface area contributed by atoms with Crippen LogP contribution < -0.4 is 5.32 Å². The third-order valence-electron chi connectivity index (χ3n) is 4.53. The fourth-order valence-electron chi connectivity index (χ4n) is 2.94. The van der Waals surface area contributed by atoms with E-state index in [9.17, 15) is 9.59 Å². The molecule has 4 nitrogen and oxygen atoms in total. The Bertz CT molecular complexity index is 995. The van der Waals surface area contributed by atoms with Gasteiger partial charge in [-0.05, 0) is 36.1 Å². The van der Waals surface area contributed by atoms with Crippen molar-refractivity contribution >= 4 is 40.0 Å². The molecule has 0 spiro atoms. The van der Waals surface area contributed by atoms with Crippen LogP contribution in [-0.2, 0) is 9.53 Å². The Morgan fingerprint density at radius 3 is 2.40 bits per heavy atom. The van der Waals surface area contributed by atoms with Gasteiger partial charge in [-0.1, -0.05) is 56.3 Å². The lowest BCUT2D eigenvalue weighted by Crippen LogP contribution is -2.16. The van der Waals surface area contributed by atoms with E-state index in [1.807, 2.05) is 47.8 Å². The van der Waals surface area contributed by atoms with Crippen LogP contribution in [0.25, 0.3) is 11.1 Å². The van der Waals surface area contributed by atoms with Crippen molar-refractivity contribution < 1.29 is 14.3 Å². The lowest BCUT2D eigenvalue weighted by atomic mass is 9.98. The first-order valence-electron chi connectivity index (χ1n) is 9.86. The van der Waals surface area contributed by atoms with Crippen molar-refractivity contribution in [1.82, 2.24) is 0 Å². The third-order valence-corrected chi connectivity index (χ3v) is 6.43. The zero-order valence-electron chi connectivity index (χ0n) is 17.3. The molecule has 0 aliphatic carbocycles. The Hall–Kier alpha value is -2.57. The van der Waals surface area contributed by atoms with Gasteiger partial charge in [0.25, 0.3) is 0 Å². The van der Waals surface area contributed by atoms with Gasteiger partial charge in [0.1, 0.15) is 10.6 Å². The highest BCUT2D eigenvalue weighted by Gasteiger charge is 2.23. The van der Waals surface area contributed by atoms with Crippen LogP contribution in [-0.4, -0.2) is 24.2 Å². The number of anilines is 1. The molecule has 30 heavy (non-hydrogen) atoms. The van der Waals surface area contributed by atoms with Gasteiger partial charge in [-0.15, -0.1) is 23.1 Å². The molecule has 1 amide bonds. The number of thioether (sulfide) groups is 1. The molecule has 1 N–H and O–H groups in total.